The van der Waals surface area contributed by atoms with Gasteiger partial charge in [-0.05, 0) is 43.2 Å². The molecule has 2 rings (SSSR count). The molecular formula is C16H25ClN2. The highest BCUT2D eigenvalue weighted by atomic mass is 35.5. The summed E-state index contributed by atoms with van der Waals surface area (Å²) in [5.74, 6) is 0. The summed E-state index contributed by atoms with van der Waals surface area (Å²) >= 11 is 6.46. The Labute approximate surface area is 121 Å². The molecule has 1 heterocycles. The third-order valence-corrected chi connectivity index (χ3v) is 4.13. The highest BCUT2D eigenvalue weighted by Crippen LogP contribution is 2.37. The Hall–Kier alpha value is -0.730. The molecule has 1 aliphatic rings. The molecule has 3 heteroatoms. The molecule has 0 radical (unpaired) electrons. The second-order valence-electron chi connectivity index (χ2n) is 6.62. The number of benzene rings is 1. The van der Waals surface area contributed by atoms with Crippen LogP contribution in [0, 0.1) is 5.41 Å². The van der Waals surface area contributed by atoms with Crippen LogP contribution in [0.5, 0.6) is 0 Å². The van der Waals surface area contributed by atoms with E-state index in [1.807, 2.05) is 19.1 Å². The Morgan fingerprint density at radius 1 is 1.42 bits per heavy atom. The minimum atomic E-state index is 0.162. The number of halogens is 1. The summed E-state index contributed by atoms with van der Waals surface area (Å²) in [4.78, 5) is 2.45. The van der Waals surface area contributed by atoms with E-state index in [9.17, 15) is 0 Å². The van der Waals surface area contributed by atoms with Crippen molar-refractivity contribution in [3.05, 3.63) is 28.8 Å². The SMILES string of the molecule is CC(N)Cc1cccc(Cl)c1N1CCCC(C)(C)C1. The first-order chi connectivity index (χ1) is 8.89. The van der Waals surface area contributed by atoms with Crippen LogP contribution in [0.25, 0.3) is 0 Å². The van der Waals surface area contributed by atoms with Gasteiger partial charge in [-0.2, -0.15) is 0 Å². The van der Waals surface area contributed by atoms with Crippen LogP contribution in [0.15, 0.2) is 18.2 Å². The average Bonchev–Trinajstić information content (AvgIpc) is 2.26. The summed E-state index contributed by atoms with van der Waals surface area (Å²) in [7, 11) is 0. The van der Waals surface area contributed by atoms with Gasteiger partial charge in [0.2, 0.25) is 0 Å². The summed E-state index contributed by atoms with van der Waals surface area (Å²) < 4.78 is 0. The van der Waals surface area contributed by atoms with Crippen molar-refractivity contribution in [2.24, 2.45) is 11.1 Å². The van der Waals surface area contributed by atoms with Crippen molar-refractivity contribution in [1.82, 2.24) is 0 Å². The molecule has 1 unspecified atom stereocenters. The van der Waals surface area contributed by atoms with Crippen molar-refractivity contribution in [3.63, 3.8) is 0 Å². The molecule has 1 aromatic rings. The highest BCUT2D eigenvalue weighted by molar-refractivity contribution is 6.33. The summed E-state index contributed by atoms with van der Waals surface area (Å²) in [5.41, 5.74) is 8.81. The summed E-state index contributed by atoms with van der Waals surface area (Å²) in [6.45, 7) is 8.88. The molecule has 0 aromatic heterocycles. The first-order valence-electron chi connectivity index (χ1n) is 7.17. The van der Waals surface area contributed by atoms with E-state index in [2.05, 4.69) is 24.8 Å². The van der Waals surface area contributed by atoms with Crippen LogP contribution in [0.4, 0.5) is 5.69 Å². The fourth-order valence-corrected chi connectivity index (χ4v) is 3.35. The minimum absolute atomic E-state index is 0.162. The topological polar surface area (TPSA) is 29.3 Å². The molecule has 19 heavy (non-hydrogen) atoms. The lowest BCUT2D eigenvalue weighted by Gasteiger charge is -2.40. The maximum Gasteiger partial charge on any atom is 0.0642 e. The van der Waals surface area contributed by atoms with Gasteiger partial charge in [-0.3, -0.25) is 0 Å². The largest absolute Gasteiger partial charge is 0.370 e. The van der Waals surface area contributed by atoms with Crippen LogP contribution < -0.4 is 10.6 Å². The molecule has 106 valence electrons. The zero-order chi connectivity index (χ0) is 14.0. The Balaban J connectivity index is 2.32. The van der Waals surface area contributed by atoms with Crippen LogP contribution in [-0.4, -0.2) is 19.1 Å². The van der Waals surface area contributed by atoms with E-state index in [0.717, 1.165) is 24.5 Å². The maximum atomic E-state index is 6.46. The molecule has 1 aliphatic heterocycles. The van der Waals surface area contributed by atoms with E-state index in [-0.39, 0.29) is 6.04 Å². The van der Waals surface area contributed by atoms with Gasteiger partial charge >= 0.3 is 0 Å². The number of para-hydroxylation sites is 1. The van der Waals surface area contributed by atoms with Crippen molar-refractivity contribution >= 4 is 17.3 Å². The smallest absolute Gasteiger partial charge is 0.0642 e. The van der Waals surface area contributed by atoms with Gasteiger partial charge in [0, 0.05) is 19.1 Å². The number of piperidine rings is 1. The van der Waals surface area contributed by atoms with E-state index < -0.39 is 0 Å². The molecule has 1 fully saturated rings. The van der Waals surface area contributed by atoms with Crippen LogP contribution in [0.1, 0.15) is 39.2 Å². The summed E-state index contributed by atoms with van der Waals surface area (Å²) in [6, 6.07) is 6.34. The molecule has 0 amide bonds. The van der Waals surface area contributed by atoms with Crippen molar-refractivity contribution in [3.8, 4) is 0 Å². The molecule has 1 saturated heterocycles. The van der Waals surface area contributed by atoms with Gasteiger partial charge in [0.25, 0.3) is 0 Å². The molecule has 1 aromatic carbocycles. The number of anilines is 1. The van der Waals surface area contributed by atoms with Crippen molar-refractivity contribution < 1.29 is 0 Å². The van der Waals surface area contributed by atoms with E-state index in [1.165, 1.54) is 24.1 Å². The first-order valence-corrected chi connectivity index (χ1v) is 7.55. The van der Waals surface area contributed by atoms with Gasteiger partial charge in [-0.25, -0.2) is 0 Å². The van der Waals surface area contributed by atoms with Gasteiger partial charge in [0.15, 0.2) is 0 Å². The van der Waals surface area contributed by atoms with E-state index in [0.29, 0.717) is 5.41 Å². The van der Waals surface area contributed by atoms with Gasteiger partial charge in [-0.1, -0.05) is 37.6 Å². The number of nitrogens with zero attached hydrogens (tertiary/aromatic N) is 1. The Morgan fingerprint density at radius 3 is 2.79 bits per heavy atom. The van der Waals surface area contributed by atoms with Gasteiger partial charge in [0.1, 0.15) is 0 Å². The third kappa shape index (κ3) is 3.64. The first kappa shape index (κ1) is 14.7. The van der Waals surface area contributed by atoms with Crippen LogP contribution in [0.2, 0.25) is 5.02 Å². The number of hydrogen-bond acceptors (Lipinski definition) is 2. The van der Waals surface area contributed by atoms with Crippen molar-refractivity contribution in [2.45, 2.75) is 46.1 Å². The molecule has 0 spiro atoms. The molecule has 0 bridgehead atoms. The molecule has 2 N–H and O–H groups in total. The van der Waals surface area contributed by atoms with Crippen LogP contribution in [-0.2, 0) is 6.42 Å². The molecule has 2 nitrogen and oxygen atoms in total. The fourth-order valence-electron chi connectivity index (χ4n) is 3.04. The Morgan fingerprint density at radius 2 is 2.16 bits per heavy atom. The predicted octanol–water partition coefficient (Wildman–Crippen LogP) is 3.86. The lowest BCUT2D eigenvalue weighted by Crippen LogP contribution is -2.40. The summed E-state index contributed by atoms with van der Waals surface area (Å²) in [6.07, 6.45) is 3.40. The monoisotopic (exact) mass is 280 g/mol. The van der Waals surface area contributed by atoms with Crippen LogP contribution >= 0.6 is 11.6 Å². The minimum Gasteiger partial charge on any atom is -0.370 e. The standard InChI is InChI=1S/C16H25ClN2/c1-12(18)10-13-6-4-7-14(17)15(13)19-9-5-8-16(2,3)11-19/h4,6-7,12H,5,8-11,18H2,1-3H3. The fraction of sp³-hybridized carbons (Fsp3) is 0.625. The zero-order valence-corrected chi connectivity index (χ0v) is 13.0. The Kier molecular flexibility index (Phi) is 4.42. The van der Waals surface area contributed by atoms with Gasteiger partial charge < -0.3 is 10.6 Å². The van der Waals surface area contributed by atoms with Crippen LogP contribution in [0.3, 0.4) is 0 Å². The zero-order valence-electron chi connectivity index (χ0n) is 12.2. The number of rotatable bonds is 3. The number of nitrogens with two attached hydrogens (primary N) is 1. The van der Waals surface area contributed by atoms with E-state index in [4.69, 9.17) is 17.3 Å². The van der Waals surface area contributed by atoms with Crippen molar-refractivity contribution in [1.29, 1.82) is 0 Å². The molecule has 0 aliphatic carbocycles. The third-order valence-electron chi connectivity index (χ3n) is 3.83. The maximum absolute atomic E-state index is 6.46. The lowest BCUT2D eigenvalue weighted by atomic mass is 9.83. The predicted molar refractivity (Wildman–Crippen MR) is 84.0 cm³/mol. The Bertz CT molecular complexity index is 440. The molecule has 1 atom stereocenters. The second kappa shape index (κ2) is 5.72. The normalized spacial score (nSPS) is 20.4. The number of hydrogen-bond donors (Lipinski definition) is 1. The summed E-state index contributed by atoms with van der Waals surface area (Å²) in [5, 5.41) is 0.857. The van der Waals surface area contributed by atoms with Gasteiger partial charge in [0.05, 0.1) is 10.7 Å². The van der Waals surface area contributed by atoms with E-state index in [1.54, 1.807) is 0 Å². The van der Waals surface area contributed by atoms with E-state index >= 15 is 0 Å². The molecular weight excluding hydrogens is 256 g/mol. The average molecular weight is 281 g/mol. The van der Waals surface area contributed by atoms with Gasteiger partial charge in [-0.15, -0.1) is 0 Å². The lowest BCUT2D eigenvalue weighted by molar-refractivity contribution is 0.293. The second-order valence-corrected chi connectivity index (χ2v) is 7.03. The van der Waals surface area contributed by atoms with Crippen molar-refractivity contribution in [2.75, 3.05) is 18.0 Å². The molecule has 0 saturated carbocycles. The highest BCUT2D eigenvalue weighted by Gasteiger charge is 2.28. The quantitative estimate of drug-likeness (QED) is 0.911.